The minimum atomic E-state index is -1.19. The number of aromatic nitrogens is 3. The summed E-state index contributed by atoms with van der Waals surface area (Å²) in [6.45, 7) is 3.22. The van der Waals surface area contributed by atoms with Crippen LogP contribution in [0.15, 0.2) is 54.2 Å². The first kappa shape index (κ1) is 24.8. The Balaban J connectivity index is 1.76. The van der Waals surface area contributed by atoms with Crippen LogP contribution in [0.25, 0.3) is 11.4 Å². The van der Waals surface area contributed by atoms with E-state index in [0.29, 0.717) is 22.6 Å². The fourth-order valence-corrected chi connectivity index (χ4v) is 5.43. The number of hydrogen-bond acceptors (Lipinski definition) is 10. The molecule has 3 aromatic heterocycles. The van der Waals surface area contributed by atoms with Gasteiger partial charge in [-0.1, -0.05) is 17.4 Å². The second kappa shape index (κ2) is 9.19. The van der Waals surface area contributed by atoms with E-state index in [1.54, 1.807) is 42.6 Å². The van der Waals surface area contributed by atoms with Gasteiger partial charge in [-0.2, -0.15) is 0 Å². The van der Waals surface area contributed by atoms with Crippen molar-refractivity contribution in [3.05, 3.63) is 91.9 Å². The molecule has 12 nitrogen and oxygen atoms in total. The number of aliphatic hydroxyl groups is 1. The van der Waals surface area contributed by atoms with Gasteiger partial charge in [-0.05, 0) is 43.7 Å². The van der Waals surface area contributed by atoms with Gasteiger partial charge < -0.3 is 9.84 Å². The molecule has 0 radical (unpaired) electrons. The molecule has 0 saturated carbocycles. The molecular formula is C25H19N5O7S. The van der Waals surface area contributed by atoms with Gasteiger partial charge in [0.2, 0.25) is 0 Å². The van der Waals surface area contributed by atoms with Crippen molar-refractivity contribution < 1.29 is 29.2 Å². The summed E-state index contributed by atoms with van der Waals surface area (Å²) >= 11 is 0.856. The average Bonchev–Trinajstić information content (AvgIpc) is 3.53. The molecule has 192 valence electrons. The number of non-ortho nitro benzene ring substituents is 1. The summed E-state index contributed by atoms with van der Waals surface area (Å²) in [5.41, 5.74) is 1.32. The number of carbonyl (C=O) groups is 3. The Kier molecular flexibility index (Phi) is 5.99. The third-order valence-electron chi connectivity index (χ3n) is 6.15. The monoisotopic (exact) mass is 533 g/mol. The molecule has 1 atom stereocenters. The molecule has 0 spiro atoms. The van der Waals surface area contributed by atoms with Crippen LogP contribution in [-0.4, -0.2) is 49.2 Å². The minimum absolute atomic E-state index is 0.0299. The van der Waals surface area contributed by atoms with Crippen LogP contribution in [0.1, 0.15) is 38.4 Å². The lowest BCUT2D eigenvalue weighted by molar-refractivity contribution is -0.384. The van der Waals surface area contributed by atoms with Crippen LogP contribution in [-0.2, 0) is 14.3 Å². The van der Waals surface area contributed by atoms with Gasteiger partial charge in [0, 0.05) is 18.3 Å². The second-order valence-corrected chi connectivity index (χ2v) is 9.37. The highest BCUT2D eigenvalue weighted by Crippen LogP contribution is 2.44. The number of ether oxygens (including phenoxy) is 1. The summed E-state index contributed by atoms with van der Waals surface area (Å²) < 4.78 is 6.38. The summed E-state index contributed by atoms with van der Waals surface area (Å²) in [5, 5.41) is 22.8. The zero-order valence-electron chi connectivity index (χ0n) is 20.2. The Morgan fingerprint density at radius 3 is 2.47 bits per heavy atom. The molecule has 5 rings (SSSR count). The maximum absolute atomic E-state index is 13.5. The van der Waals surface area contributed by atoms with E-state index >= 15 is 0 Å². The maximum atomic E-state index is 13.5. The largest absolute Gasteiger partial charge is 0.505 e. The van der Waals surface area contributed by atoms with Crippen molar-refractivity contribution in [1.82, 2.24) is 14.4 Å². The number of thiazole rings is 1. The molecule has 1 fully saturated rings. The smallest absolute Gasteiger partial charge is 0.350 e. The number of nitro groups is 1. The van der Waals surface area contributed by atoms with Gasteiger partial charge in [0.1, 0.15) is 16.2 Å². The molecule has 1 saturated heterocycles. The third-order valence-corrected chi connectivity index (χ3v) is 7.29. The fourth-order valence-electron chi connectivity index (χ4n) is 4.42. The fraction of sp³-hybridized carbons (Fsp3) is 0.160. The molecule has 1 aliphatic heterocycles. The second-order valence-electron chi connectivity index (χ2n) is 8.39. The number of nitrogens with zero attached hydrogens (tertiary/aromatic N) is 5. The van der Waals surface area contributed by atoms with Gasteiger partial charge in [-0.3, -0.25) is 29.0 Å². The standard InChI is InChI=1S/C25H19N5O7S/c1-12-18(28-11-5-4-6-16(28)26-12)20(31)17-19(14-7-9-15(10-8-14)30(35)36)29(23(33)21(17)32)25-27-13(2)22(38-25)24(34)37-3/h4-11,19,31H,1-3H3. The molecule has 13 heteroatoms. The Morgan fingerprint density at radius 2 is 1.82 bits per heavy atom. The number of nitro benzene ring substituents is 1. The Labute approximate surface area is 218 Å². The number of methoxy groups -OCH3 is 1. The highest BCUT2D eigenvalue weighted by Gasteiger charge is 2.49. The van der Waals surface area contributed by atoms with Gasteiger partial charge in [0.15, 0.2) is 10.9 Å². The van der Waals surface area contributed by atoms with Crippen LogP contribution in [0, 0.1) is 24.0 Å². The lowest BCUT2D eigenvalue weighted by Crippen LogP contribution is -2.29. The molecule has 0 aliphatic carbocycles. The Morgan fingerprint density at radius 1 is 1.11 bits per heavy atom. The zero-order valence-corrected chi connectivity index (χ0v) is 21.1. The van der Waals surface area contributed by atoms with Crippen LogP contribution in [0.5, 0.6) is 0 Å². The van der Waals surface area contributed by atoms with Crippen molar-refractivity contribution in [2.75, 3.05) is 12.0 Å². The molecule has 1 aromatic carbocycles. The van der Waals surface area contributed by atoms with Crippen molar-refractivity contribution >= 4 is 51.2 Å². The zero-order chi connectivity index (χ0) is 27.3. The summed E-state index contributed by atoms with van der Waals surface area (Å²) in [6.07, 6.45) is 1.66. The van der Waals surface area contributed by atoms with E-state index in [1.165, 1.54) is 31.4 Å². The number of amides is 1. The van der Waals surface area contributed by atoms with Gasteiger partial charge in [0.25, 0.3) is 11.5 Å². The quantitative estimate of drug-likeness (QED) is 0.101. The van der Waals surface area contributed by atoms with Crippen molar-refractivity contribution in [3.8, 4) is 0 Å². The number of rotatable bonds is 5. The van der Waals surface area contributed by atoms with Gasteiger partial charge in [0.05, 0.1) is 35.0 Å². The first-order valence-electron chi connectivity index (χ1n) is 11.2. The van der Waals surface area contributed by atoms with Crippen LogP contribution >= 0.6 is 11.3 Å². The molecule has 38 heavy (non-hydrogen) atoms. The number of imidazole rings is 1. The van der Waals surface area contributed by atoms with Gasteiger partial charge in [-0.25, -0.2) is 14.8 Å². The highest BCUT2D eigenvalue weighted by atomic mass is 32.1. The Hall–Kier alpha value is -4.91. The van der Waals surface area contributed by atoms with Crippen LogP contribution in [0.2, 0.25) is 0 Å². The molecule has 1 N–H and O–H groups in total. The predicted molar refractivity (Wildman–Crippen MR) is 136 cm³/mol. The minimum Gasteiger partial charge on any atom is -0.505 e. The molecule has 1 aliphatic rings. The van der Waals surface area contributed by atoms with Crippen molar-refractivity contribution in [3.63, 3.8) is 0 Å². The lowest BCUT2D eigenvalue weighted by atomic mass is 9.96. The van der Waals surface area contributed by atoms with Crippen molar-refractivity contribution in [2.45, 2.75) is 19.9 Å². The molecule has 1 unspecified atom stereocenters. The van der Waals surface area contributed by atoms with Crippen molar-refractivity contribution in [2.24, 2.45) is 0 Å². The van der Waals surface area contributed by atoms with Gasteiger partial charge in [-0.15, -0.1) is 0 Å². The number of aliphatic hydroxyl groups excluding tert-OH is 1. The third kappa shape index (κ3) is 3.80. The lowest BCUT2D eigenvalue weighted by Gasteiger charge is -2.23. The molecule has 4 heterocycles. The molecule has 0 bridgehead atoms. The number of anilines is 1. The van der Waals surface area contributed by atoms with Crippen LogP contribution in [0.4, 0.5) is 10.8 Å². The van der Waals surface area contributed by atoms with Crippen molar-refractivity contribution in [1.29, 1.82) is 0 Å². The number of hydrogen-bond donors (Lipinski definition) is 1. The topological polar surface area (TPSA) is 157 Å². The van der Waals surface area contributed by atoms with E-state index in [2.05, 4.69) is 9.97 Å². The van der Waals surface area contributed by atoms with E-state index in [1.807, 2.05) is 0 Å². The average molecular weight is 534 g/mol. The number of Topliss-reactive ketones (excluding diaryl/α,β-unsaturated/α-hetero) is 1. The van der Waals surface area contributed by atoms with Crippen LogP contribution in [0.3, 0.4) is 0 Å². The normalized spacial score (nSPS) is 16.8. The first-order valence-corrected chi connectivity index (χ1v) is 12.0. The van der Waals surface area contributed by atoms with E-state index in [9.17, 15) is 29.6 Å². The summed E-state index contributed by atoms with van der Waals surface area (Å²) in [4.78, 5) is 59.7. The number of ketones is 1. The highest BCUT2D eigenvalue weighted by molar-refractivity contribution is 7.17. The Bertz CT molecular complexity index is 1690. The number of fused-ring (bicyclic) bond motifs is 1. The number of carbonyl (C=O) groups excluding carboxylic acids is 3. The van der Waals surface area contributed by atoms with E-state index in [-0.39, 0.29) is 27.0 Å². The number of esters is 1. The number of benzene rings is 1. The number of aryl methyl sites for hydroxylation is 2. The molecule has 1 amide bonds. The maximum Gasteiger partial charge on any atom is 0.350 e. The SMILES string of the molecule is COC(=O)c1sc(N2C(=O)C(=O)C(=C(O)c3c(C)nc4ccccn34)C2c2ccc([N+](=O)[O-])cc2)nc1C. The summed E-state index contributed by atoms with van der Waals surface area (Å²) in [5.74, 6) is -3.09. The van der Waals surface area contributed by atoms with E-state index < -0.39 is 34.4 Å². The van der Waals surface area contributed by atoms with Gasteiger partial charge >= 0.3 is 11.9 Å². The number of pyridine rings is 1. The van der Waals surface area contributed by atoms with E-state index in [4.69, 9.17) is 4.74 Å². The molecule has 4 aromatic rings. The van der Waals surface area contributed by atoms with Crippen LogP contribution < -0.4 is 4.90 Å². The summed E-state index contributed by atoms with van der Waals surface area (Å²) in [7, 11) is 1.21. The van der Waals surface area contributed by atoms with E-state index in [0.717, 1.165) is 16.2 Å². The summed E-state index contributed by atoms with van der Waals surface area (Å²) in [6, 6.07) is 9.30. The first-order chi connectivity index (χ1) is 18.1. The predicted octanol–water partition coefficient (Wildman–Crippen LogP) is 3.73. The molecular weight excluding hydrogens is 514 g/mol.